The zero-order valence-electron chi connectivity index (χ0n) is 39.2. The van der Waals surface area contributed by atoms with Crippen molar-refractivity contribution < 1.29 is 367 Å². The topological polar surface area (TPSA) is 864 Å². The molecule has 0 aliphatic heterocycles. The van der Waals surface area contributed by atoms with Crippen LogP contribution in [0, 0.1) is 41.7 Å². The van der Waals surface area contributed by atoms with Crippen LogP contribution in [0.1, 0.15) is 83.1 Å². The molecule has 0 bridgehead atoms. The molecule has 0 aliphatic rings. The van der Waals surface area contributed by atoms with E-state index in [4.69, 9.17) is 123 Å². The van der Waals surface area contributed by atoms with Crippen molar-refractivity contribution in [3.05, 3.63) is 0 Å². The second kappa shape index (κ2) is 227. The van der Waals surface area contributed by atoms with Gasteiger partial charge in [-0.05, 0) is 83.1 Å². The minimum atomic E-state index is -1.17. The standard InChI is InChI=1S/12C2H6O2.Ce.8Mn.12H2O/c12*1-2(3)4;;;;;;;;;;;;;;;;;;;;;/h12*2-4H,1H3;;;;;;;;;;12*1H2. The van der Waals surface area contributed by atoms with Gasteiger partial charge in [0, 0.05) is 178 Å². The summed E-state index contributed by atoms with van der Waals surface area (Å²) >= 11 is 0. The third-order valence-corrected chi connectivity index (χ3v) is 0. The molecule has 0 heterocycles. The minimum Gasteiger partial charge on any atom is -0.412 e. The fourth-order valence-corrected chi connectivity index (χ4v) is 0. The molecule has 0 fully saturated rings. The molecule has 0 aliphatic carbocycles. The summed E-state index contributed by atoms with van der Waals surface area (Å²) in [7, 11) is 0. The Morgan fingerprint density at radius 2 is 0.130 bits per heavy atom. The number of hydrogen-bond donors (Lipinski definition) is 24. The summed E-state index contributed by atoms with van der Waals surface area (Å²) < 4.78 is 0. The second-order valence-corrected chi connectivity index (χ2v) is 7.58. The number of aliphatic hydroxyl groups excluding tert-OH is 12. The molecule has 0 rings (SSSR count). The second-order valence-electron chi connectivity index (χ2n) is 7.58. The van der Waals surface area contributed by atoms with E-state index < -0.39 is 75.5 Å². The first-order valence-electron chi connectivity index (χ1n) is 13.1. The van der Waals surface area contributed by atoms with E-state index in [1.54, 1.807) is 0 Å². The van der Waals surface area contributed by atoms with Crippen molar-refractivity contribution in [3.8, 4) is 0 Å². The van der Waals surface area contributed by atoms with Gasteiger partial charge in [0.1, 0.15) is 75.5 Å². The van der Waals surface area contributed by atoms with Gasteiger partial charge in [-0.1, -0.05) is 0 Å². The van der Waals surface area contributed by atoms with Gasteiger partial charge in [0.2, 0.25) is 0 Å². The molecule has 0 spiro atoms. The van der Waals surface area contributed by atoms with Crippen LogP contribution in [0.5, 0.6) is 0 Å². The van der Waals surface area contributed by atoms with E-state index in [-0.39, 0.29) is 244 Å². The maximum absolute atomic E-state index is 7.61. The van der Waals surface area contributed by atoms with Crippen LogP contribution in [-0.2, 0) is 137 Å². The Labute approximate surface area is 520 Å². The van der Waals surface area contributed by atoms with Crippen LogP contribution in [-0.4, -0.2) is 264 Å². The number of aliphatic hydroxyl groups is 24. The molecule has 0 saturated carbocycles. The Kier molecular flexibility index (Phi) is 776. The molecule has 36 nitrogen and oxygen atoms in total. The molecule has 0 atom stereocenters. The molecule has 8 radical (unpaired) electrons. The van der Waals surface area contributed by atoms with E-state index in [1.807, 2.05) is 0 Å². The predicted octanol–water partition coefficient (Wildman–Crippen LogP) is -18.1. The van der Waals surface area contributed by atoms with E-state index in [0.29, 0.717) is 0 Å². The quantitative estimate of drug-likeness (QED) is 0.0791. The van der Waals surface area contributed by atoms with Crippen molar-refractivity contribution in [2.24, 2.45) is 0 Å². The maximum atomic E-state index is 7.61. The molecular formula is C24H96CeMn8O36. The molecule has 0 unspecified atom stereocenters. The monoisotopic (exact) mass is 1540 g/mol. The Bertz CT molecular complexity index is 287. The normalized spacial score (nSPS) is 6.26. The fourth-order valence-electron chi connectivity index (χ4n) is 0. The SMILES string of the molecule is CC(O)O.CC(O)O.CC(O)O.CC(O)O.CC(O)O.CC(O)O.CC(O)O.CC(O)O.CC(O)O.CC(O)O.CC(O)O.CC(O)O.O.O.O.O.O.O.O.O.O.O.O.O.[Ce].[Mn].[Mn].[Mn].[Mn].[Mn].[Mn].[Mn].[Mn]. The number of hydrogen-bond acceptors (Lipinski definition) is 24. The van der Waals surface area contributed by atoms with Crippen molar-refractivity contribution in [2.45, 2.75) is 159 Å². The van der Waals surface area contributed by atoms with Gasteiger partial charge >= 0.3 is 0 Å². The number of rotatable bonds is 0. The molecule has 0 aromatic rings. The van der Waals surface area contributed by atoms with Gasteiger partial charge in [0.25, 0.3) is 0 Å². The van der Waals surface area contributed by atoms with Gasteiger partial charge in [0.15, 0.2) is 0 Å². The third kappa shape index (κ3) is 21100. The summed E-state index contributed by atoms with van der Waals surface area (Å²) in [4.78, 5) is 0. The Balaban J connectivity index is -0.00000000643. The predicted molar refractivity (Wildman–Crippen MR) is 210 cm³/mol. The molecule has 0 aromatic heterocycles. The van der Waals surface area contributed by atoms with Gasteiger partial charge in [-0.3, -0.25) is 0 Å². The van der Waals surface area contributed by atoms with E-state index >= 15 is 0 Å². The summed E-state index contributed by atoms with van der Waals surface area (Å²) in [5.74, 6) is 0. The molecular weight excluding hydrogens is 1440 g/mol. The summed E-state index contributed by atoms with van der Waals surface area (Å²) in [5, 5.41) is 183. The zero-order valence-corrected chi connectivity index (χ0v) is 51.8. The molecule has 468 valence electrons. The first kappa shape index (κ1) is 236. The average molecular weight is 1540 g/mol. The summed E-state index contributed by atoms with van der Waals surface area (Å²) in [5.41, 5.74) is 0. The van der Waals surface area contributed by atoms with Crippen LogP contribution in [0.4, 0.5) is 0 Å². The van der Waals surface area contributed by atoms with Gasteiger partial charge in [0.05, 0.1) is 0 Å². The molecule has 45 heteroatoms. The van der Waals surface area contributed by atoms with Crippen molar-refractivity contribution in [2.75, 3.05) is 0 Å². The van der Waals surface area contributed by atoms with Crippen molar-refractivity contribution >= 4 is 0 Å². The first-order chi connectivity index (χ1) is 20.8. The van der Waals surface area contributed by atoms with Crippen molar-refractivity contribution in [1.29, 1.82) is 0 Å². The van der Waals surface area contributed by atoms with Crippen LogP contribution >= 0.6 is 0 Å². The molecule has 0 amide bonds. The first-order valence-corrected chi connectivity index (χ1v) is 13.1. The van der Waals surface area contributed by atoms with E-state index in [0.717, 1.165) is 0 Å². The van der Waals surface area contributed by atoms with Crippen molar-refractivity contribution in [3.63, 3.8) is 0 Å². The largest absolute Gasteiger partial charge is 0.412 e. The third-order valence-electron chi connectivity index (χ3n) is 0. The minimum absolute atomic E-state index is 0. The molecule has 0 aromatic carbocycles. The maximum Gasteiger partial charge on any atom is 0.148 e. The Morgan fingerprint density at radius 3 is 0.130 bits per heavy atom. The zero-order chi connectivity index (χ0) is 42.9. The van der Waals surface area contributed by atoms with Gasteiger partial charge in [-0.15, -0.1) is 0 Å². The van der Waals surface area contributed by atoms with Crippen LogP contribution in [0.3, 0.4) is 0 Å². The molecule has 48 N–H and O–H groups in total. The van der Waals surface area contributed by atoms with E-state index in [1.165, 1.54) is 83.1 Å². The fraction of sp³-hybridized carbons (Fsp3) is 1.00. The van der Waals surface area contributed by atoms with Crippen LogP contribution < -0.4 is 0 Å². The summed E-state index contributed by atoms with van der Waals surface area (Å²) in [6, 6.07) is 0. The summed E-state index contributed by atoms with van der Waals surface area (Å²) in [6.07, 6.45) is -14.0. The molecule has 69 heavy (non-hydrogen) atoms. The van der Waals surface area contributed by atoms with Gasteiger partial charge < -0.3 is 188 Å². The van der Waals surface area contributed by atoms with Gasteiger partial charge in [-0.2, -0.15) is 0 Å². The van der Waals surface area contributed by atoms with E-state index in [9.17, 15) is 0 Å². The smallest absolute Gasteiger partial charge is 0.148 e. The Morgan fingerprint density at radius 1 is 0.130 bits per heavy atom. The van der Waals surface area contributed by atoms with Gasteiger partial charge in [-0.25, -0.2) is 0 Å². The van der Waals surface area contributed by atoms with Crippen LogP contribution in [0.25, 0.3) is 0 Å². The Hall–Kier alpha value is 4.09. The van der Waals surface area contributed by atoms with E-state index in [2.05, 4.69) is 0 Å². The average Bonchev–Trinajstić information content (AvgIpc) is 2.61. The van der Waals surface area contributed by atoms with Crippen LogP contribution in [0.15, 0.2) is 0 Å². The summed E-state index contributed by atoms with van der Waals surface area (Å²) in [6.45, 7) is 15.3. The molecule has 0 saturated heterocycles. The van der Waals surface area contributed by atoms with Crippen LogP contribution in [0.2, 0.25) is 0 Å². The van der Waals surface area contributed by atoms with Crippen molar-refractivity contribution in [1.82, 2.24) is 0 Å².